The number of nitrogens with zero attached hydrogens (tertiary/aromatic N) is 1. The van der Waals surface area contributed by atoms with Crippen LogP contribution in [0.25, 0.3) is 11.0 Å². The monoisotopic (exact) mass is 359 g/mol. The van der Waals surface area contributed by atoms with E-state index in [1.54, 1.807) is 0 Å². The second kappa shape index (κ2) is 8.82. The Kier molecular flexibility index (Phi) is 6.25. The molecule has 1 aliphatic rings. The van der Waals surface area contributed by atoms with Crippen LogP contribution in [-0.4, -0.2) is 40.5 Å². The summed E-state index contributed by atoms with van der Waals surface area (Å²) >= 11 is 0. The molecule has 26 heavy (non-hydrogen) atoms. The normalized spacial score (nSPS) is 19.8. The van der Waals surface area contributed by atoms with Crippen molar-refractivity contribution in [3.8, 4) is 0 Å². The summed E-state index contributed by atoms with van der Waals surface area (Å²) in [7, 11) is 0. The Hall–Kier alpha value is -2.38. The molecular weight excluding hydrogens is 334 g/mol. The van der Waals surface area contributed by atoms with Crippen LogP contribution < -0.4 is 5.32 Å². The molecule has 2 atom stereocenters. The summed E-state index contributed by atoms with van der Waals surface area (Å²) in [6.07, 6.45) is 3.56. The SMILES string of the molecule is C[C@@H]1C=C(C(=O)NCc2nc3ccccc3[nH]2)O[C@H](OCCCCO)C1. The van der Waals surface area contributed by atoms with E-state index in [1.807, 2.05) is 37.3 Å². The number of para-hydroxylation sites is 2. The van der Waals surface area contributed by atoms with Crippen LogP contribution in [0, 0.1) is 5.92 Å². The van der Waals surface area contributed by atoms with E-state index in [0.717, 1.165) is 17.5 Å². The molecule has 3 N–H and O–H groups in total. The molecule has 140 valence electrons. The topological polar surface area (TPSA) is 96.5 Å². The first kappa shape index (κ1) is 18.4. The van der Waals surface area contributed by atoms with E-state index in [-0.39, 0.29) is 24.2 Å². The Morgan fingerprint density at radius 3 is 3.08 bits per heavy atom. The Bertz CT molecular complexity index is 738. The van der Waals surface area contributed by atoms with Gasteiger partial charge in [0, 0.05) is 13.0 Å². The molecule has 0 spiro atoms. The lowest BCUT2D eigenvalue weighted by Crippen LogP contribution is -2.33. The average molecular weight is 359 g/mol. The van der Waals surface area contributed by atoms with Crippen molar-refractivity contribution in [3.05, 3.63) is 41.9 Å². The number of carbonyl (C=O) groups excluding carboxylic acids is 1. The summed E-state index contributed by atoms with van der Waals surface area (Å²) in [5.74, 6) is 0.896. The molecule has 0 saturated heterocycles. The van der Waals surface area contributed by atoms with Gasteiger partial charge in [-0.05, 0) is 37.0 Å². The fraction of sp³-hybridized carbons (Fsp3) is 0.474. The van der Waals surface area contributed by atoms with Crippen molar-refractivity contribution in [2.45, 2.75) is 39.0 Å². The number of fused-ring (bicyclic) bond motifs is 1. The van der Waals surface area contributed by atoms with Gasteiger partial charge in [-0.15, -0.1) is 0 Å². The van der Waals surface area contributed by atoms with Crippen LogP contribution in [0.5, 0.6) is 0 Å². The number of H-pyrrole nitrogens is 1. The smallest absolute Gasteiger partial charge is 0.286 e. The highest BCUT2D eigenvalue weighted by atomic mass is 16.7. The summed E-state index contributed by atoms with van der Waals surface area (Å²) in [5, 5.41) is 11.6. The first-order chi connectivity index (χ1) is 12.7. The highest BCUT2D eigenvalue weighted by Crippen LogP contribution is 2.23. The second-order valence-electron chi connectivity index (χ2n) is 6.48. The number of imidazole rings is 1. The molecule has 0 saturated carbocycles. The highest BCUT2D eigenvalue weighted by Gasteiger charge is 2.25. The number of hydrogen-bond donors (Lipinski definition) is 3. The lowest BCUT2D eigenvalue weighted by atomic mass is 10.0. The van der Waals surface area contributed by atoms with Crippen LogP contribution in [0.1, 0.15) is 32.0 Å². The fourth-order valence-electron chi connectivity index (χ4n) is 2.86. The minimum atomic E-state index is -0.430. The van der Waals surface area contributed by atoms with Gasteiger partial charge in [-0.3, -0.25) is 4.79 Å². The summed E-state index contributed by atoms with van der Waals surface area (Å²) in [6.45, 7) is 2.98. The van der Waals surface area contributed by atoms with Crippen molar-refractivity contribution in [1.82, 2.24) is 15.3 Å². The van der Waals surface area contributed by atoms with Crippen molar-refractivity contribution in [2.24, 2.45) is 5.92 Å². The number of amides is 1. The maximum Gasteiger partial charge on any atom is 0.286 e. The van der Waals surface area contributed by atoms with Gasteiger partial charge >= 0.3 is 0 Å². The van der Waals surface area contributed by atoms with E-state index >= 15 is 0 Å². The van der Waals surface area contributed by atoms with Gasteiger partial charge in [0.1, 0.15) is 5.82 Å². The lowest BCUT2D eigenvalue weighted by molar-refractivity contribution is -0.148. The van der Waals surface area contributed by atoms with Gasteiger partial charge in [0.25, 0.3) is 5.91 Å². The molecule has 3 rings (SSSR count). The predicted molar refractivity (Wildman–Crippen MR) is 96.9 cm³/mol. The number of unbranched alkanes of at least 4 members (excludes halogenated alkanes) is 1. The molecule has 1 aliphatic heterocycles. The Morgan fingerprint density at radius 2 is 2.27 bits per heavy atom. The number of carbonyl (C=O) groups is 1. The number of ether oxygens (including phenoxy) is 2. The highest BCUT2D eigenvalue weighted by molar-refractivity contribution is 5.91. The van der Waals surface area contributed by atoms with E-state index in [2.05, 4.69) is 15.3 Å². The van der Waals surface area contributed by atoms with Crippen LogP contribution in [0.2, 0.25) is 0 Å². The predicted octanol–water partition coefficient (Wildman–Crippen LogP) is 2.23. The minimum Gasteiger partial charge on any atom is -0.459 e. The number of allylic oxidation sites excluding steroid dienone is 1. The number of aliphatic hydroxyl groups excluding tert-OH is 1. The van der Waals surface area contributed by atoms with Gasteiger partial charge in [0.15, 0.2) is 5.76 Å². The van der Waals surface area contributed by atoms with Crippen LogP contribution in [0.4, 0.5) is 0 Å². The third-order valence-electron chi connectivity index (χ3n) is 4.19. The molecule has 1 aromatic carbocycles. The fourth-order valence-corrected chi connectivity index (χ4v) is 2.86. The first-order valence-corrected chi connectivity index (χ1v) is 8.98. The zero-order valence-corrected chi connectivity index (χ0v) is 14.9. The molecule has 0 bridgehead atoms. The minimum absolute atomic E-state index is 0.153. The summed E-state index contributed by atoms with van der Waals surface area (Å²) in [4.78, 5) is 20.0. The van der Waals surface area contributed by atoms with Crippen LogP contribution >= 0.6 is 0 Å². The Morgan fingerprint density at radius 1 is 1.42 bits per heavy atom. The third-order valence-corrected chi connectivity index (χ3v) is 4.19. The number of nitrogens with one attached hydrogen (secondary N) is 2. The number of benzene rings is 1. The van der Waals surface area contributed by atoms with Crippen molar-refractivity contribution in [3.63, 3.8) is 0 Å². The van der Waals surface area contributed by atoms with E-state index in [0.29, 0.717) is 31.8 Å². The maximum atomic E-state index is 12.4. The second-order valence-corrected chi connectivity index (χ2v) is 6.48. The summed E-state index contributed by atoms with van der Waals surface area (Å²) in [6, 6.07) is 7.73. The number of aliphatic hydroxyl groups is 1. The van der Waals surface area contributed by atoms with E-state index < -0.39 is 6.29 Å². The van der Waals surface area contributed by atoms with Crippen molar-refractivity contribution in [1.29, 1.82) is 0 Å². The maximum absolute atomic E-state index is 12.4. The lowest BCUT2D eigenvalue weighted by Gasteiger charge is -2.27. The van der Waals surface area contributed by atoms with Gasteiger partial charge in [0.2, 0.25) is 6.29 Å². The molecule has 2 aromatic rings. The van der Waals surface area contributed by atoms with Crippen LogP contribution in [0.15, 0.2) is 36.1 Å². The van der Waals surface area contributed by atoms with E-state index in [4.69, 9.17) is 14.6 Å². The van der Waals surface area contributed by atoms with Gasteiger partial charge in [-0.2, -0.15) is 0 Å². The largest absolute Gasteiger partial charge is 0.459 e. The average Bonchev–Trinajstić information content (AvgIpc) is 3.06. The van der Waals surface area contributed by atoms with Gasteiger partial charge < -0.3 is 24.9 Å². The molecule has 1 aromatic heterocycles. The molecule has 0 unspecified atom stereocenters. The molecule has 0 fully saturated rings. The van der Waals surface area contributed by atoms with E-state index in [1.165, 1.54) is 0 Å². The zero-order chi connectivity index (χ0) is 18.4. The van der Waals surface area contributed by atoms with Crippen molar-refractivity contribution in [2.75, 3.05) is 13.2 Å². The zero-order valence-electron chi connectivity index (χ0n) is 14.9. The van der Waals surface area contributed by atoms with Crippen molar-refractivity contribution >= 4 is 16.9 Å². The van der Waals surface area contributed by atoms with Crippen LogP contribution in [-0.2, 0) is 20.8 Å². The van der Waals surface area contributed by atoms with Gasteiger partial charge in [-0.1, -0.05) is 19.1 Å². The Balaban J connectivity index is 1.52. The number of hydrogen-bond acceptors (Lipinski definition) is 5. The molecule has 1 amide bonds. The number of aromatic amines is 1. The molecule has 0 aliphatic carbocycles. The number of rotatable bonds is 8. The standard InChI is InChI=1S/C19H25N3O4/c1-13-10-16(26-18(11-13)25-9-5-4-8-23)19(24)20-12-17-21-14-6-2-3-7-15(14)22-17/h2-3,6-7,10,13,18,23H,4-5,8-9,11-12H2,1H3,(H,20,24)(H,21,22)/t13-,18+/m1/s1. The quantitative estimate of drug-likeness (QED) is 0.628. The molecular formula is C19H25N3O4. The summed E-state index contributed by atoms with van der Waals surface area (Å²) < 4.78 is 11.3. The van der Waals surface area contributed by atoms with E-state index in [9.17, 15) is 4.79 Å². The number of aromatic nitrogens is 2. The van der Waals surface area contributed by atoms with Gasteiger partial charge in [0.05, 0.1) is 24.2 Å². The third kappa shape index (κ3) is 4.83. The molecule has 0 radical (unpaired) electrons. The van der Waals surface area contributed by atoms with Crippen LogP contribution in [0.3, 0.4) is 0 Å². The first-order valence-electron chi connectivity index (χ1n) is 8.98. The molecule has 7 heteroatoms. The van der Waals surface area contributed by atoms with Gasteiger partial charge in [-0.25, -0.2) is 4.98 Å². The summed E-state index contributed by atoms with van der Waals surface area (Å²) in [5.41, 5.74) is 1.81. The molecule has 7 nitrogen and oxygen atoms in total. The Labute approximate surface area is 152 Å². The van der Waals surface area contributed by atoms with Crippen molar-refractivity contribution < 1.29 is 19.4 Å². The molecule has 2 heterocycles.